The summed E-state index contributed by atoms with van der Waals surface area (Å²) in [4.78, 5) is 23.4. The quantitative estimate of drug-likeness (QED) is 0.626. The SMILES string of the molecule is O=Cc1cc(CCl)c(=O)[nH]c1C(F)F. The summed E-state index contributed by atoms with van der Waals surface area (Å²) < 4.78 is 24.5. The van der Waals surface area contributed by atoms with Gasteiger partial charge in [0.1, 0.15) is 0 Å². The molecule has 0 aliphatic rings. The molecule has 0 atom stereocenters. The number of halogens is 3. The Balaban J connectivity index is 3.39. The molecule has 3 nitrogen and oxygen atoms in total. The van der Waals surface area contributed by atoms with Crippen molar-refractivity contribution in [3.8, 4) is 0 Å². The maximum atomic E-state index is 12.3. The fourth-order valence-electron chi connectivity index (χ4n) is 0.983. The molecule has 76 valence electrons. The third-order valence-electron chi connectivity index (χ3n) is 1.67. The topological polar surface area (TPSA) is 49.9 Å². The van der Waals surface area contributed by atoms with Crippen molar-refractivity contribution in [1.82, 2.24) is 4.98 Å². The highest BCUT2D eigenvalue weighted by Gasteiger charge is 2.15. The number of aromatic amines is 1. The molecule has 0 fully saturated rings. The maximum absolute atomic E-state index is 12.3. The second-order valence-corrected chi connectivity index (χ2v) is 2.81. The molecule has 0 unspecified atom stereocenters. The highest BCUT2D eigenvalue weighted by molar-refractivity contribution is 6.17. The molecule has 0 aliphatic carbocycles. The molecule has 0 saturated heterocycles. The predicted molar refractivity (Wildman–Crippen MR) is 47.0 cm³/mol. The lowest BCUT2D eigenvalue weighted by Crippen LogP contribution is -2.16. The zero-order valence-electron chi connectivity index (χ0n) is 6.89. The van der Waals surface area contributed by atoms with Crippen LogP contribution in [0.3, 0.4) is 0 Å². The first-order chi connectivity index (χ1) is 6.60. The molecule has 1 aromatic rings. The highest BCUT2D eigenvalue weighted by atomic mass is 35.5. The Morgan fingerprint density at radius 3 is 2.64 bits per heavy atom. The predicted octanol–water partition coefficient (Wildman–Crippen LogP) is 1.86. The number of alkyl halides is 3. The van der Waals surface area contributed by atoms with E-state index in [1.165, 1.54) is 0 Å². The van der Waals surface area contributed by atoms with E-state index in [4.69, 9.17) is 11.6 Å². The summed E-state index contributed by atoms with van der Waals surface area (Å²) in [6.07, 6.45) is -2.62. The Kier molecular flexibility index (Phi) is 3.35. The van der Waals surface area contributed by atoms with Gasteiger partial charge in [-0.25, -0.2) is 8.78 Å². The molecule has 1 N–H and O–H groups in total. The van der Waals surface area contributed by atoms with Crippen LogP contribution in [0.15, 0.2) is 10.9 Å². The van der Waals surface area contributed by atoms with Gasteiger partial charge in [0, 0.05) is 11.1 Å². The van der Waals surface area contributed by atoms with Gasteiger partial charge in [-0.2, -0.15) is 0 Å². The molecule has 0 amide bonds. The number of H-pyrrole nitrogens is 1. The molecule has 6 heteroatoms. The minimum Gasteiger partial charge on any atom is -0.320 e. The van der Waals surface area contributed by atoms with Gasteiger partial charge in [-0.3, -0.25) is 9.59 Å². The van der Waals surface area contributed by atoms with Crippen molar-refractivity contribution in [2.75, 3.05) is 0 Å². The van der Waals surface area contributed by atoms with Crippen molar-refractivity contribution < 1.29 is 13.6 Å². The van der Waals surface area contributed by atoms with Gasteiger partial charge < -0.3 is 4.98 Å². The van der Waals surface area contributed by atoms with E-state index in [2.05, 4.69) is 0 Å². The third kappa shape index (κ3) is 1.98. The van der Waals surface area contributed by atoms with Crippen LogP contribution in [0.2, 0.25) is 0 Å². The number of carbonyl (C=O) groups excluding carboxylic acids is 1. The highest BCUT2D eigenvalue weighted by Crippen LogP contribution is 2.18. The van der Waals surface area contributed by atoms with E-state index in [1.54, 1.807) is 0 Å². The zero-order chi connectivity index (χ0) is 10.7. The van der Waals surface area contributed by atoms with Crippen LogP contribution in [-0.4, -0.2) is 11.3 Å². The maximum Gasteiger partial charge on any atom is 0.279 e. The van der Waals surface area contributed by atoms with E-state index in [-0.39, 0.29) is 23.3 Å². The summed E-state index contributed by atoms with van der Waals surface area (Å²) in [5.41, 5.74) is -1.51. The van der Waals surface area contributed by atoms with E-state index in [1.807, 2.05) is 4.98 Å². The standard InChI is InChI=1S/C8H6ClF2NO2/c9-2-4-1-5(3-13)6(7(10)11)12-8(4)14/h1,3,7H,2H2,(H,12,14). The van der Waals surface area contributed by atoms with Crippen molar-refractivity contribution in [2.24, 2.45) is 0 Å². The lowest BCUT2D eigenvalue weighted by Gasteiger charge is -2.04. The van der Waals surface area contributed by atoms with Crippen LogP contribution in [0.25, 0.3) is 0 Å². The van der Waals surface area contributed by atoms with Crippen LogP contribution in [0.5, 0.6) is 0 Å². The Bertz CT molecular complexity index is 403. The van der Waals surface area contributed by atoms with E-state index < -0.39 is 17.7 Å². The van der Waals surface area contributed by atoms with Gasteiger partial charge in [0.2, 0.25) is 0 Å². The second kappa shape index (κ2) is 4.32. The van der Waals surface area contributed by atoms with Crippen molar-refractivity contribution in [1.29, 1.82) is 0 Å². The van der Waals surface area contributed by atoms with Crippen molar-refractivity contribution in [3.63, 3.8) is 0 Å². The summed E-state index contributed by atoms with van der Waals surface area (Å²) >= 11 is 5.37. The first-order valence-corrected chi connectivity index (χ1v) is 4.19. The Morgan fingerprint density at radius 2 is 2.21 bits per heavy atom. The molecule has 1 heterocycles. The normalized spacial score (nSPS) is 10.6. The van der Waals surface area contributed by atoms with E-state index in [0.717, 1.165) is 6.07 Å². The molecule has 0 radical (unpaired) electrons. The van der Waals surface area contributed by atoms with Crippen LogP contribution in [0, 0.1) is 0 Å². The minimum atomic E-state index is -2.88. The van der Waals surface area contributed by atoms with Gasteiger partial charge in [-0.05, 0) is 6.07 Å². The van der Waals surface area contributed by atoms with Crippen molar-refractivity contribution in [3.05, 3.63) is 33.2 Å². The van der Waals surface area contributed by atoms with E-state index in [0.29, 0.717) is 0 Å². The second-order valence-electron chi connectivity index (χ2n) is 2.54. The number of rotatable bonds is 3. The number of aldehydes is 1. The lowest BCUT2D eigenvalue weighted by atomic mass is 10.1. The minimum absolute atomic E-state index is 0.0955. The summed E-state index contributed by atoms with van der Waals surface area (Å²) in [6, 6.07) is 1.07. The van der Waals surface area contributed by atoms with Crippen LogP contribution in [0.4, 0.5) is 8.78 Å². The summed E-state index contributed by atoms with van der Waals surface area (Å²) in [5.74, 6) is -0.125. The molecule has 0 spiro atoms. The number of pyridine rings is 1. The van der Waals surface area contributed by atoms with Gasteiger partial charge in [0.25, 0.3) is 12.0 Å². The lowest BCUT2D eigenvalue weighted by molar-refractivity contribution is 0.110. The van der Waals surface area contributed by atoms with Gasteiger partial charge in [0.05, 0.1) is 11.6 Å². The summed E-state index contributed by atoms with van der Waals surface area (Å²) in [6.45, 7) is 0. The smallest absolute Gasteiger partial charge is 0.279 e. The van der Waals surface area contributed by atoms with E-state index in [9.17, 15) is 18.4 Å². The average molecular weight is 222 g/mol. The Labute approximate surface area is 82.7 Å². The third-order valence-corrected chi connectivity index (χ3v) is 1.96. The number of nitrogens with one attached hydrogen (secondary N) is 1. The Hall–Kier alpha value is -1.23. The molecule has 1 rings (SSSR count). The van der Waals surface area contributed by atoms with Crippen LogP contribution >= 0.6 is 11.6 Å². The van der Waals surface area contributed by atoms with Gasteiger partial charge >= 0.3 is 0 Å². The largest absolute Gasteiger partial charge is 0.320 e. The summed E-state index contributed by atoms with van der Waals surface area (Å²) in [5, 5.41) is 0. The molecule has 1 aromatic heterocycles. The molecular weight excluding hydrogens is 216 g/mol. The summed E-state index contributed by atoms with van der Waals surface area (Å²) in [7, 11) is 0. The monoisotopic (exact) mass is 221 g/mol. The number of hydrogen-bond donors (Lipinski definition) is 1. The molecule has 0 aliphatic heterocycles. The van der Waals surface area contributed by atoms with Crippen LogP contribution < -0.4 is 5.56 Å². The van der Waals surface area contributed by atoms with Gasteiger partial charge in [-0.15, -0.1) is 11.6 Å². The molecule has 0 saturated carbocycles. The Morgan fingerprint density at radius 1 is 1.57 bits per heavy atom. The number of carbonyl (C=O) groups is 1. The van der Waals surface area contributed by atoms with Gasteiger partial charge in [-0.1, -0.05) is 0 Å². The molecule has 0 bridgehead atoms. The number of aromatic nitrogens is 1. The van der Waals surface area contributed by atoms with Crippen LogP contribution in [0.1, 0.15) is 28.0 Å². The fraction of sp³-hybridized carbons (Fsp3) is 0.250. The molecule has 14 heavy (non-hydrogen) atoms. The average Bonchev–Trinajstić information content (AvgIpc) is 2.17. The van der Waals surface area contributed by atoms with Gasteiger partial charge in [0.15, 0.2) is 6.29 Å². The van der Waals surface area contributed by atoms with Crippen LogP contribution in [-0.2, 0) is 5.88 Å². The fourth-order valence-corrected chi connectivity index (χ4v) is 1.18. The molecular formula is C8H6ClF2NO2. The first kappa shape index (κ1) is 10.8. The molecule has 0 aromatic carbocycles. The number of hydrogen-bond acceptors (Lipinski definition) is 2. The van der Waals surface area contributed by atoms with E-state index >= 15 is 0 Å². The van der Waals surface area contributed by atoms with Crippen molar-refractivity contribution in [2.45, 2.75) is 12.3 Å². The first-order valence-electron chi connectivity index (χ1n) is 3.65. The van der Waals surface area contributed by atoms with Crippen molar-refractivity contribution >= 4 is 17.9 Å². The zero-order valence-corrected chi connectivity index (χ0v) is 7.65.